The molecule has 0 saturated carbocycles. The minimum Gasteiger partial charge on any atom is -0.330 e. The Bertz CT molecular complexity index is 485. The third kappa shape index (κ3) is 3.81. The molecule has 0 unspecified atom stereocenters. The summed E-state index contributed by atoms with van der Waals surface area (Å²) in [4.78, 5) is 0. The van der Waals surface area contributed by atoms with Crippen LogP contribution in [0.25, 0.3) is 10.8 Å². The molecule has 2 heteroatoms. The fraction of sp³-hybridized carbons (Fsp3) is 0.444. The molecule has 20 heavy (non-hydrogen) atoms. The highest BCUT2D eigenvalue weighted by atomic mass is 14.5. The summed E-state index contributed by atoms with van der Waals surface area (Å²) >= 11 is 0. The number of fused-ring (bicyclic) bond motifs is 1. The smallest absolute Gasteiger partial charge is 0.00772 e. The van der Waals surface area contributed by atoms with Crippen molar-refractivity contribution in [3.8, 4) is 0 Å². The second kappa shape index (κ2) is 8.03. The molecule has 2 rings (SSSR count). The van der Waals surface area contributed by atoms with E-state index in [0.29, 0.717) is 0 Å². The van der Waals surface area contributed by atoms with E-state index in [1.807, 2.05) is 0 Å². The molecular weight excluding hydrogens is 244 g/mol. The van der Waals surface area contributed by atoms with E-state index in [1.54, 1.807) is 0 Å². The fourth-order valence-corrected chi connectivity index (χ4v) is 2.78. The maximum absolute atomic E-state index is 5.59. The summed E-state index contributed by atoms with van der Waals surface area (Å²) in [5, 5.41) is 2.82. The van der Waals surface area contributed by atoms with Crippen LogP contribution in [0.5, 0.6) is 0 Å². The van der Waals surface area contributed by atoms with Crippen LogP contribution in [0, 0.1) is 0 Å². The lowest BCUT2D eigenvalue weighted by atomic mass is 9.94. The van der Waals surface area contributed by atoms with Crippen LogP contribution in [0.1, 0.15) is 36.8 Å². The maximum Gasteiger partial charge on any atom is -0.00772 e. The SMILES string of the molecule is NCCCCc1ccc(CCCCN)c2ccccc12. The largest absolute Gasteiger partial charge is 0.330 e. The maximum atomic E-state index is 5.59. The Morgan fingerprint density at radius 1 is 0.600 bits per heavy atom. The van der Waals surface area contributed by atoms with Gasteiger partial charge in [-0.2, -0.15) is 0 Å². The van der Waals surface area contributed by atoms with E-state index in [4.69, 9.17) is 11.5 Å². The standard InChI is InChI=1S/C18H26N2/c19-13-5-3-7-15-11-12-16(8-4-6-14-20)18-10-2-1-9-17(15)18/h1-2,9-12H,3-8,13-14,19-20H2. The first-order valence-electron chi connectivity index (χ1n) is 7.76. The van der Waals surface area contributed by atoms with Crippen LogP contribution in [-0.4, -0.2) is 13.1 Å². The van der Waals surface area contributed by atoms with E-state index in [0.717, 1.165) is 38.8 Å². The third-order valence-corrected chi connectivity index (χ3v) is 3.91. The van der Waals surface area contributed by atoms with Crippen molar-refractivity contribution in [2.75, 3.05) is 13.1 Å². The van der Waals surface area contributed by atoms with Crippen molar-refractivity contribution in [3.63, 3.8) is 0 Å². The fourth-order valence-electron chi connectivity index (χ4n) is 2.78. The van der Waals surface area contributed by atoms with E-state index in [9.17, 15) is 0 Å². The van der Waals surface area contributed by atoms with E-state index in [1.165, 1.54) is 34.7 Å². The van der Waals surface area contributed by atoms with E-state index < -0.39 is 0 Å². The van der Waals surface area contributed by atoms with Crippen LogP contribution in [0.15, 0.2) is 36.4 Å². The molecule has 0 amide bonds. The zero-order valence-corrected chi connectivity index (χ0v) is 12.3. The molecule has 0 bridgehead atoms. The lowest BCUT2D eigenvalue weighted by Gasteiger charge is -2.11. The van der Waals surface area contributed by atoms with Gasteiger partial charge in [0.05, 0.1) is 0 Å². The number of hydrogen-bond acceptors (Lipinski definition) is 2. The van der Waals surface area contributed by atoms with Gasteiger partial charge in [0.25, 0.3) is 0 Å². The first-order valence-corrected chi connectivity index (χ1v) is 7.76. The Hall–Kier alpha value is -1.38. The average molecular weight is 270 g/mol. The van der Waals surface area contributed by atoms with Crippen molar-refractivity contribution in [2.45, 2.75) is 38.5 Å². The Labute approximate surface area is 122 Å². The monoisotopic (exact) mass is 270 g/mol. The minimum absolute atomic E-state index is 0.787. The van der Waals surface area contributed by atoms with Crippen molar-refractivity contribution < 1.29 is 0 Å². The molecule has 2 aromatic carbocycles. The predicted octanol–water partition coefficient (Wildman–Crippen LogP) is 3.40. The van der Waals surface area contributed by atoms with Gasteiger partial charge in [0.2, 0.25) is 0 Å². The molecule has 2 aromatic rings. The van der Waals surface area contributed by atoms with Gasteiger partial charge in [-0.25, -0.2) is 0 Å². The Morgan fingerprint density at radius 3 is 1.45 bits per heavy atom. The van der Waals surface area contributed by atoms with Crippen molar-refractivity contribution in [1.82, 2.24) is 0 Å². The lowest BCUT2D eigenvalue weighted by molar-refractivity contribution is 0.742. The van der Waals surface area contributed by atoms with Gasteiger partial charge in [-0.15, -0.1) is 0 Å². The molecular formula is C18H26N2. The van der Waals surface area contributed by atoms with Crippen molar-refractivity contribution in [2.24, 2.45) is 11.5 Å². The molecule has 0 aliphatic heterocycles. The van der Waals surface area contributed by atoms with Crippen molar-refractivity contribution in [1.29, 1.82) is 0 Å². The number of unbranched alkanes of at least 4 members (excludes halogenated alkanes) is 2. The van der Waals surface area contributed by atoms with Gasteiger partial charge in [0, 0.05) is 0 Å². The predicted molar refractivity (Wildman–Crippen MR) is 87.9 cm³/mol. The molecule has 0 saturated heterocycles. The van der Waals surface area contributed by atoms with Gasteiger partial charge in [-0.1, -0.05) is 36.4 Å². The molecule has 0 aliphatic rings. The van der Waals surface area contributed by atoms with Crippen LogP contribution in [0.4, 0.5) is 0 Å². The average Bonchev–Trinajstić information content (AvgIpc) is 2.49. The highest BCUT2D eigenvalue weighted by Gasteiger charge is 2.05. The van der Waals surface area contributed by atoms with Crippen molar-refractivity contribution >= 4 is 10.8 Å². The summed E-state index contributed by atoms with van der Waals surface area (Å²) in [6.45, 7) is 1.57. The van der Waals surface area contributed by atoms with Gasteiger partial charge in [-0.3, -0.25) is 0 Å². The molecule has 2 nitrogen and oxygen atoms in total. The normalized spacial score (nSPS) is 11.1. The Balaban J connectivity index is 2.22. The summed E-state index contributed by atoms with van der Waals surface area (Å²) in [5.41, 5.74) is 14.1. The molecule has 0 fully saturated rings. The van der Waals surface area contributed by atoms with Gasteiger partial charge in [-0.05, 0) is 73.5 Å². The molecule has 0 aliphatic carbocycles. The van der Waals surface area contributed by atoms with Crippen LogP contribution in [0.2, 0.25) is 0 Å². The zero-order valence-electron chi connectivity index (χ0n) is 12.3. The molecule has 0 heterocycles. The number of aryl methyl sites for hydroxylation is 2. The quantitative estimate of drug-likeness (QED) is 0.722. The summed E-state index contributed by atoms with van der Waals surface area (Å²) < 4.78 is 0. The molecule has 0 spiro atoms. The van der Waals surface area contributed by atoms with E-state index in [2.05, 4.69) is 36.4 Å². The van der Waals surface area contributed by atoms with E-state index in [-0.39, 0.29) is 0 Å². The summed E-state index contributed by atoms with van der Waals surface area (Å²) in [6.07, 6.45) is 6.81. The highest BCUT2D eigenvalue weighted by molar-refractivity contribution is 5.88. The van der Waals surface area contributed by atoms with Crippen LogP contribution in [-0.2, 0) is 12.8 Å². The third-order valence-electron chi connectivity index (χ3n) is 3.91. The minimum atomic E-state index is 0.787. The summed E-state index contributed by atoms with van der Waals surface area (Å²) in [6, 6.07) is 13.4. The Kier molecular flexibility index (Phi) is 6.03. The second-order valence-electron chi connectivity index (χ2n) is 5.42. The molecule has 4 N–H and O–H groups in total. The molecule has 0 radical (unpaired) electrons. The number of benzene rings is 2. The van der Waals surface area contributed by atoms with Gasteiger partial charge in [0.1, 0.15) is 0 Å². The second-order valence-corrected chi connectivity index (χ2v) is 5.42. The number of rotatable bonds is 8. The lowest BCUT2D eigenvalue weighted by Crippen LogP contribution is -2.00. The number of nitrogens with two attached hydrogens (primary N) is 2. The molecule has 0 atom stereocenters. The molecule has 0 aromatic heterocycles. The zero-order chi connectivity index (χ0) is 14.2. The van der Waals surface area contributed by atoms with E-state index >= 15 is 0 Å². The van der Waals surface area contributed by atoms with Crippen LogP contribution in [0.3, 0.4) is 0 Å². The van der Waals surface area contributed by atoms with Gasteiger partial charge < -0.3 is 11.5 Å². The van der Waals surface area contributed by atoms with Gasteiger partial charge in [0.15, 0.2) is 0 Å². The van der Waals surface area contributed by atoms with Gasteiger partial charge >= 0.3 is 0 Å². The Morgan fingerprint density at radius 2 is 1.05 bits per heavy atom. The summed E-state index contributed by atoms with van der Waals surface area (Å²) in [7, 11) is 0. The first kappa shape index (κ1) is 15.0. The van der Waals surface area contributed by atoms with Crippen molar-refractivity contribution in [3.05, 3.63) is 47.5 Å². The molecule has 108 valence electrons. The first-order chi connectivity index (χ1) is 9.86. The van der Waals surface area contributed by atoms with Crippen LogP contribution >= 0.6 is 0 Å². The number of hydrogen-bond donors (Lipinski definition) is 2. The highest BCUT2D eigenvalue weighted by Crippen LogP contribution is 2.25. The van der Waals surface area contributed by atoms with Crippen LogP contribution < -0.4 is 11.5 Å². The topological polar surface area (TPSA) is 52.0 Å². The summed E-state index contributed by atoms with van der Waals surface area (Å²) in [5.74, 6) is 0.